The second-order valence-electron chi connectivity index (χ2n) is 7.73. The Bertz CT molecular complexity index is 1060. The van der Waals surface area contributed by atoms with Crippen LogP contribution < -0.4 is 5.32 Å². The van der Waals surface area contributed by atoms with Crippen molar-refractivity contribution in [3.05, 3.63) is 76.4 Å². The predicted molar refractivity (Wildman–Crippen MR) is 132 cm³/mol. The van der Waals surface area contributed by atoms with Gasteiger partial charge in [-0.05, 0) is 42.8 Å². The summed E-state index contributed by atoms with van der Waals surface area (Å²) in [5, 5.41) is 3.36. The number of hydrogen-bond donors (Lipinski definition) is 1. The number of nitrogens with one attached hydrogen (secondary N) is 1. The molecule has 0 aliphatic heterocycles. The molecule has 0 saturated heterocycles. The van der Waals surface area contributed by atoms with E-state index in [1.54, 1.807) is 42.5 Å². The standard InChI is InChI=1S/C24H28Cl2N4O4/c1-28-11-4-7-18(28)15-30(16-19-8-5-14-34-19)22(31)17-29(12-6-13-33-2)24(32)27-23-20(25)9-3-10-21(23)26/h3-5,7-11,14H,6,12-13,15-17H2,1-2H3,(H,27,32). The Labute approximate surface area is 209 Å². The lowest BCUT2D eigenvalue weighted by Gasteiger charge is -2.28. The predicted octanol–water partition coefficient (Wildman–Crippen LogP) is 5.02. The molecule has 1 aromatic carbocycles. The molecule has 2 heterocycles. The zero-order valence-corrected chi connectivity index (χ0v) is 20.7. The summed E-state index contributed by atoms with van der Waals surface area (Å²) in [6.07, 6.45) is 4.05. The number of rotatable bonds is 11. The number of urea groups is 1. The first-order valence-electron chi connectivity index (χ1n) is 10.8. The lowest BCUT2D eigenvalue weighted by Crippen LogP contribution is -2.44. The van der Waals surface area contributed by atoms with Gasteiger partial charge in [0, 0.05) is 39.2 Å². The minimum Gasteiger partial charge on any atom is -0.467 e. The van der Waals surface area contributed by atoms with Crippen molar-refractivity contribution >= 4 is 40.8 Å². The van der Waals surface area contributed by atoms with E-state index in [1.165, 1.54) is 4.90 Å². The molecule has 0 saturated carbocycles. The normalized spacial score (nSPS) is 10.8. The number of carbonyl (C=O) groups excluding carboxylic acids is 2. The van der Waals surface area contributed by atoms with Gasteiger partial charge in [-0.1, -0.05) is 29.3 Å². The van der Waals surface area contributed by atoms with Gasteiger partial charge in [-0.25, -0.2) is 4.79 Å². The van der Waals surface area contributed by atoms with Crippen LogP contribution in [-0.4, -0.2) is 53.1 Å². The molecule has 0 atom stereocenters. The summed E-state index contributed by atoms with van der Waals surface area (Å²) < 4.78 is 12.5. The van der Waals surface area contributed by atoms with Crippen LogP contribution in [0, 0.1) is 0 Å². The molecule has 34 heavy (non-hydrogen) atoms. The third-order valence-corrected chi connectivity index (χ3v) is 5.90. The van der Waals surface area contributed by atoms with Gasteiger partial charge in [0.15, 0.2) is 0 Å². The van der Waals surface area contributed by atoms with Crippen LogP contribution >= 0.6 is 23.2 Å². The highest BCUT2D eigenvalue weighted by molar-refractivity contribution is 6.39. The maximum Gasteiger partial charge on any atom is 0.322 e. The highest BCUT2D eigenvalue weighted by atomic mass is 35.5. The fraction of sp³-hybridized carbons (Fsp3) is 0.333. The number of anilines is 1. The number of benzene rings is 1. The van der Waals surface area contributed by atoms with Crippen molar-refractivity contribution in [2.24, 2.45) is 7.05 Å². The van der Waals surface area contributed by atoms with Crippen LogP contribution in [0.25, 0.3) is 0 Å². The molecule has 8 nitrogen and oxygen atoms in total. The van der Waals surface area contributed by atoms with Crippen LogP contribution in [-0.2, 0) is 29.7 Å². The van der Waals surface area contributed by atoms with E-state index in [0.717, 1.165) is 5.69 Å². The molecular weight excluding hydrogens is 479 g/mol. The number of methoxy groups -OCH3 is 1. The van der Waals surface area contributed by atoms with Gasteiger partial charge in [-0.15, -0.1) is 0 Å². The maximum atomic E-state index is 13.4. The minimum atomic E-state index is -0.476. The van der Waals surface area contributed by atoms with Crippen molar-refractivity contribution in [3.63, 3.8) is 0 Å². The van der Waals surface area contributed by atoms with Crippen LogP contribution in [0.3, 0.4) is 0 Å². The first-order chi connectivity index (χ1) is 16.4. The lowest BCUT2D eigenvalue weighted by atomic mass is 10.3. The molecule has 2 aromatic heterocycles. The van der Waals surface area contributed by atoms with Gasteiger partial charge in [0.1, 0.15) is 12.3 Å². The lowest BCUT2D eigenvalue weighted by molar-refractivity contribution is -0.133. The summed E-state index contributed by atoms with van der Waals surface area (Å²) in [6, 6.07) is 11.9. The largest absolute Gasteiger partial charge is 0.467 e. The Morgan fingerprint density at radius 2 is 1.82 bits per heavy atom. The third kappa shape index (κ3) is 7.03. The molecule has 0 aliphatic rings. The van der Waals surface area contributed by atoms with Crippen LogP contribution in [0.2, 0.25) is 10.0 Å². The zero-order valence-electron chi connectivity index (χ0n) is 19.2. The number of amides is 3. The highest BCUT2D eigenvalue weighted by Crippen LogP contribution is 2.30. The average molecular weight is 507 g/mol. The number of ether oxygens (including phenoxy) is 1. The summed E-state index contributed by atoms with van der Waals surface area (Å²) in [7, 11) is 3.51. The number of para-hydroxylation sites is 1. The van der Waals surface area contributed by atoms with Crippen molar-refractivity contribution in [3.8, 4) is 0 Å². The monoisotopic (exact) mass is 506 g/mol. The fourth-order valence-electron chi connectivity index (χ4n) is 3.40. The van der Waals surface area contributed by atoms with E-state index in [4.69, 9.17) is 32.4 Å². The van der Waals surface area contributed by atoms with E-state index in [1.807, 2.05) is 36.0 Å². The molecular formula is C24H28Cl2N4O4. The van der Waals surface area contributed by atoms with E-state index in [9.17, 15) is 9.59 Å². The smallest absolute Gasteiger partial charge is 0.322 e. The van der Waals surface area contributed by atoms with Crippen molar-refractivity contribution in [1.82, 2.24) is 14.4 Å². The number of carbonyl (C=O) groups is 2. The number of halogens is 2. The van der Waals surface area contributed by atoms with Gasteiger partial charge in [0.2, 0.25) is 5.91 Å². The first kappa shape index (κ1) is 25.7. The summed E-state index contributed by atoms with van der Waals surface area (Å²) in [5.41, 5.74) is 1.26. The molecule has 3 aromatic rings. The van der Waals surface area contributed by atoms with Gasteiger partial charge in [-0.3, -0.25) is 4.79 Å². The van der Waals surface area contributed by atoms with Gasteiger partial charge in [0.25, 0.3) is 0 Å². The van der Waals surface area contributed by atoms with Crippen molar-refractivity contribution in [1.29, 1.82) is 0 Å². The topological polar surface area (TPSA) is 80.0 Å². The second-order valence-corrected chi connectivity index (χ2v) is 8.55. The first-order valence-corrected chi connectivity index (χ1v) is 11.5. The van der Waals surface area contributed by atoms with Crippen LogP contribution in [0.5, 0.6) is 0 Å². The number of nitrogens with zero attached hydrogens (tertiary/aromatic N) is 3. The number of aryl methyl sites for hydroxylation is 1. The van der Waals surface area contributed by atoms with E-state index in [0.29, 0.717) is 47.6 Å². The maximum absolute atomic E-state index is 13.4. The molecule has 182 valence electrons. The highest BCUT2D eigenvalue weighted by Gasteiger charge is 2.24. The Hall–Kier alpha value is -2.94. The molecule has 0 aliphatic carbocycles. The van der Waals surface area contributed by atoms with Gasteiger partial charge in [0.05, 0.1) is 35.1 Å². The van der Waals surface area contributed by atoms with E-state index in [2.05, 4.69) is 5.32 Å². The van der Waals surface area contributed by atoms with Crippen LogP contribution in [0.1, 0.15) is 17.9 Å². The fourth-order valence-corrected chi connectivity index (χ4v) is 3.89. The molecule has 3 amide bonds. The molecule has 0 spiro atoms. The molecule has 3 rings (SSSR count). The molecule has 1 N–H and O–H groups in total. The van der Waals surface area contributed by atoms with Crippen molar-refractivity contribution < 1.29 is 18.7 Å². The van der Waals surface area contributed by atoms with E-state index < -0.39 is 6.03 Å². The van der Waals surface area contributed by atoms with Crippen LogP contribution in [0.4, 0.5) is 10.5 Å². The van der Waals surface area contributed by atoms with Crippen molar-refractivity contribution in [2.45, 2.75) is 19.5 Å². The van der Waals surface area contributed by atoms with Crippen molar-refractivity contribution in [2.75, 3.05) is 32.1 Å². The Morgan fingerprint density at radius 1 is 1.06 bits per heavy atom. The summed E-state index contributed by atoms with van der Waals surface area (Å²) in [4.78, 5) is 29.6. The molecule has 0 unspecified atom stereocenters. The Morgan fingerprint density at radius 3 is 2.44 bits per heavy atom. The number of furan rings is 1. The van der Waals surface area contributed by atoms with Gasteiger partial charge in [-0.2, -0.15) is 0 Å². The number of aromatic nitrogens is 1. The summed E-state index contributed by atoms with van der Waals surface area (Å²) in [5.74, 6) is 0.427. The Kier molecular flexibility index (Phi) is 9.44. The quantitative estimate of drug-likeness (QED) is 0.370. The molecule has 0 bridgehead atoms. The van der Waals surface area contributed by atoms with Gasteiger partial charge >= 0.3 is 6.03 Å². The molecule has 0 fully saturated rings. The zero-order chi connectivity index (χ0) is 24.5. The SMILES string of the molecule is COCCCN(CC(=O)N(Cc1ccco1)Cc1cccn1C)C(=O)Nc1c(Cl)cccc1Cl. The summed E-state index contributed by atoms with van der Waals surface area (Å²) >= 11 is 12.4. The molecule has 0 radical (unpaired) electrons. The van der Waals surface area contributed by atoms with Gasteiger partial charge < -0.3 is 28.8 Å². The van der Waals surface area contributed by atoms with Crippen LogP contribution in [0.15, 0.2) is 59.3 Å². The molecule has 10 heteroatoms. The Balaban J connectivity index is 1.77. The van der Waals surface area contributed by atoms with E-state index >= 15 is 0 Å². The second kappa shape index (κ2) is 12.5. The summed E-state index contributed by atoms with van der Waals surface area (Å²) in [6.45, 7) is 1.27. The van der Waals surface area contributed by atoms with E-state index in [-0.39, 0.29) is 19.0 Å². The average Bonchev–Trinajstić information content (AvgIpc) is 3.47. The third-order valence-electron chi connectivity index (χ3n) is 5.27. The number of hydrogen-bond acceptors (Lipinski definition) is 4. The minimum absolute atomic E-state index is 0.136.